The molecule has 0 bridgehead atoms. The Balaban J connectivity index is 2.01. The van der Waals surface area contributed by atoms with Crippen LogP contribution in [0.25, 0.3) is 17.0 Å². The second-order valence-electron chi connectivity index (χ2n) is 9.85. The lowest BCUT2D eigenvalue weighted by atomic mass is 10.1. The lowest BCUT2D eigenvalue weighted by Gasteiger charge is -2.20. The van der Waals surface area contributed by atoms with Crippen LogP contribution in [0.5, 0.6) is 0 Å². The number of aromatic nitrogens is 2. The number of nitrogens with zero attached hydrogens (tertiary/aromatic N) is 3. The van der Waals surface area contributed by atoms with Gasteiger partial charge < -0.3 is 14.0 Å². The number of hydrogen-bond acceptors (Lipinski definition) is 5. The molecule has 2 heterocycles. The highest BCUT2D eigenvalue weighted by molar-refractivity contribution is 8.02. The van der Waals surface area contributed by atoms with E-state index in [0.717, 1.165) is 73.9 Å². The number of likely N-dealkylation sites (N-methyl/N-ethyl adjacent to an activating group) is 1. The molecule has 0 N–H and O–H groups in total. The van der Waals surface area contributed by atoms with Gasteiger partial charge in [0.2, 0.25) is 6.79 Å². The molecule has 1 aromatic carbocycles. The number of imidazole rings is 1. The van der Waals surface area contributed by atoms with Crippen molar-refractivity contribution in [1.29, 1.82) is 0 Å². The van der Waals surface area contributed by atoms with Crippen molar-refractivity contribution in [1.82, 2.24) is 14.5 Å². The molecule has 1 aromatic heterocycles. The molecule has 206 valence electrons. The minimum atomic E-state index is 0.316. The van der Waals surface area contributed by atoms with Crippen LogP contribution in [0, 0.1) is 0 Å². The number of ether oxygens (including phenoxy) is 2. The van der Waals surface area contributed by atoms with E-state index in [4.69, 9.17) is 14.5 Å². The zero-order chi connectivity index (χ0) is 27.5. The second-order valence-corrected chi connectivity index (χ2v) is 10.8. The predicted molar refractivity (Wildman–Crippen MR) is 163 cm³/mol. The first-order valence-corrected chi connectivity index (χ1v) is 15.0. The predicted octanol–water partition coefficient (Wildman–Crippen LogP) is 8.41. The first-order chi connectivity index (χ1) is 18.4. The van der Waals surface area contributed by atoms with E-state index in [9.17, 15) is 0 Å². The average molecular weight is 536 g/mol. The Morgan fingerprint density at radius 3 is 2.53 bits per heavy atom. The summed E-state index contributed by atoms with van der Waals surface area (Å²) in [7, 11) is 2.18. The van der Waals surface area contributed by atoms with Gasteiger partial charge in [-0.1, -0.05) is 75.2 Å². The van der Waals surface area contributed by atoms with E-state index < -0.39 is 0 Å². The van der Waals surface area contributed by atoms with Crippen LogP contribution in [0.2, 0.25) is 0 Å². The first kappa shape index (κ1) is 29.9. The molecule has 5 nitrogen and oxygen atoms in total. The van der Waals surface area contributed by atoms with Crippen LogP contribution in [0.4, 0.5) is 0 Å². The number of thioether (sulfide) groups is 1. The summed E-state index contributed by atoms with van der Waals surface area (Å²) < 4.78 is 13.7. The van der Waals surface area contributed by atoms with E-state index >= 15 is 0 Å². The summed E-state index contributed by atoms with van der Waals surface area (Å²) in [5, 5.41) is 0. The Labute approximate surface area is 234 Å². The summed E-state index contributed by atoms with van der Waals surface area (Å²) in [6.07, 6.45) is 12.9. The number of rotatable bonds is 14. The smallest absolute Gasteiger partial charge is 0.230 e. The SMILES string of the molecule is CCCCn1c(-c2ccccc2)nc(/C(C)=C/C=C(\CC)SC)c1CN(C)C/C(C)=C/C1=C(CC)OCO1. The topological polar surface area (TPSA) is 39.5 Å². The van der Waals surface area contributed by atoms with Gasteiger partial charge in [0.1, 0.15) is 11.6 Å². The summed E-state index contributed by atoms with van der Waals surface area (Å²) in [5.74, 6) is 2.85. The Morgan fingerprint density at radius 1 is 1.11 bits per heavy atom. The van der Waals surface area contributed by atoms with Gasteiger partial charge in [-0.25, -0.2) is 4.98 Å². The van der Waals surface area contributed by atoms with Gasteiger partial charge in [-0.15, -0.1) is 11.8 Å². The summed E-state index contributed by atoms with van der Waals surface area (Å²) in [5.41, 5.74) is 5.96. The van der Waals surface area contributed by atoms with Crippen LogP contribution in [0.1, 0.15) is 71.7 Å². The van der Waals surface area contributed by atoms with Crippen molar-refractivity contribution in [3.8, 4) is 11.4 Å². The lowest BCUT2D eigenvalue weighted by molar-refractivity contribution is 0.0725. The molecular weight excluding hydrogens is 490 g/mol. The highest BCUT2D eigenvalue weighted by atomic mass is 32.2. The molecule has 0 atom stereocenters. The molecular formula is C32H45N3O2S. The van der Waals surface area contributed by atoms with Crippen molar-refractivity contribution in [3.63, 3.8) is 0 Å². The highest BCUT2D eigenvalue weighted by Gasteiger charge is 2.21. The Morgan fingerprint density at radius 2 is 1.87 bits per heavy atom. The molecule has 0 saturated carbocycles. The molecule has 0 aliphatic carbocycles. The van der Waals surface area contributed by atoms with E-state index in [1.165, 1.54) is 21.7 Å². The average Bonchev–Trinajstić information content (AvgIpc) is 3.52. The molecule has 0 amide bonds. The van der Waals surface area contributed by atoms with Gasteiger partial charge in [0, 0.05) is 31.6 Å². The lowest BCUT2D eigenvalue weighted by Crippen LogP contribution is -2.23. The van der Waals surface area contributed by atoms with Crippen molar-refractivity contribution < 1.29 is 9.47 Å². The van der Waals surface area contributed by atoms with Crippen molar-refractivity contribution in [3.05, 3.63) is 81.9 Å². The number of allylic oxidation sites excluding steroid dienone is 6. The van der Waals surface area contributed by atoms with Crippen LogP contribution in [0.15, 0.2) is 70.6 Å². The molecule has 1 aliphatic rings. The number of benzene rings is 1. The van der Waals surface area contributed by atoms with Crippen molar-refractivity contribution in [2.45, 2.75) is 73.4 Å². The van der Waals surface area contributed by atoms with Crippen LogP contribution in [-0.2, 0) is 22.6 Å². The van der Waals surface area contributed by atoms with E-state index in [2.05, 4.69) is 106 Å². The Hall–Kier alpha value is -2.70. The van der Waals surface area contributed by atoms with E-state index in [0.29, 0.717) is 6.79 Å². The van der Waals surface area contributed by atoms with E-state index in [1.807, 2.05) is 11.8 Å². The fourth-order valence-electron chi connectivity index (χ4n) is 4.68. The zero-order valence-corrected chi connectivity index (χ0v) is 25.2. The maximum absolute atomic E-state index is 5.69. The van der Waals surface area contributed by atoms with Gasteiger partial charge in [-0.05, 0) is 56.5 Å². The maximum atomic E-state index is 5.69. The molecule has 2 aromatic rings. The Bertz CT molecular complexity index is 1170. The third-order valence-corrected chi connectivity index (χ3v) is 7.65. The Kier molecular flexibility index (Phi) is 11.8. The molecule has 3 rings (SSSR count). The van der Waals surface area contributed by atoms with Gasteiger partial charge >= 0.3 is 0 Å². The second kappa shape index (κ2) is 15.0. The van der Waals surface area contributed by atoms with E-state index in [1.54, 1.807) is 0 Å². The summed E-state index contributed by atoms with van der Waals surface area (Å²) in [6.45, 7) is 13.8. The number of unbranched alkanes of at least 4 members (excludes halogenated alkanes) is 1. The third-order valence-electron chi connectivity index (χ3n) is 6.70. The van der Waals surface area contributed by atoms with E-state index in [-0.39, 0.29) is 0 Å². The third kappa shape index (κ3) is 7.90. The largest absolute Gasteiger partial charge is 0.458 e. The van der Waals surface area contributed by atoms with Crippen molar-refractivity contribution in [2.75, 3.05) is 26.6 Å². The molecule has 0 spiro atoms. The van der Waals surface area contributed by atoms with Gasteiger partial charge in [0.15, 0.2) is 5.76 Å². The standard InChI is InChI=1S/C32H45N3O2S/c1-8-11-19-35-28(22-34(6)21-24(4)20-30-29(10-3)36-23-37-30)31(25(5)17-18-27(9-2)38-7)33-32(35)26-15-13-12-14-16-26/h12-18,20H,8-11,19,21-23H2,1-7H3/b24-20+,25-17+,27-18+. The van der Waals surface area contributed by atoms with Gasteiger partial charge in [0.05, 0.1) is 11.4 Å². The molecule has 0 fully saturated rings. The van der Waals surface area contributed by atoms with Crippen molar-refractivity contribution >= 4 is 17.3 Å². The normalized spacial score (nSPS) is 14.9. The molecule has 1 aliphatic heterocycles. The van der Waals surface area contributed by atoms with Gasteiger partial charge in [-0.2, -0.15) is 0 Å². The summed E-state index contributed by atoms with van der Waals surface area (Å²) >= 11 is 1.81. The summed E-state index contributed by atoms with van der Waals surface area (Å²) in [4.78, 5) is 9.01. The minimum Gasteiger partial charge on any atom is -0.458 e. The van der Waals surface area contributed by atoms with Crippen LogP contribution < -0.4 is 0 Å². The first-order valence-electron chi connectivity index (χ1n) is 13.8. The molecule has 0 radical (unpaired) electrons. The quantitative estimate of drug-likeness (QED) is 0.227. The minimum absolute atomic E-state index is 0.316. The highest BCUT2D eigenvalue weighted by Crippen LogP contribution is 2.29. The fourth-order valence-corrected chi connectivity index (χ4v) is 5.17. The summed E-state index contributed by atoms with van der Waals surface area (Å²) in [6, 6.07) is 10.6. The molecule has 0 saturated heterocycles. The van der Waals surface area contributed by atoms with Crippen LogP contribution in [-0.4, -0.2) is 41.1 Å². The molecule has 6 heteroatoms. The maximum Gasteiger partial charge on any atom is 0.230 e. The fraction of sp³-hybridized carbons (Fsp3) is 0.469. The van der Waals surface area contributed by atoms with Crippen LogP contribution >= 0.6 is 11.8 Å². The number of hydrogen-bond donors (Lipinski definition) is 0. The van der Waals surface area contributed by atoms with Gasteiger partial charge in [-0.3, -0.25) is 4.90 Å². The van der Waals surface area contributed by atoms with Crippen molar-refractivity contribution in [2.24, 2.45) is 0 Å². The van der Waals surface area contributed by atoms with Gasteiger partial charge in [0.25, 0.3) is 0 Å². The molecule has 0 unspecified atom stereocenters. The molecule has 38 heavy (non-hydrogen) atoms. The van der Waals surface area contributed by atoms with Crippen LogP contribution in [0.3, 0.4) is 0 Å². The monoisotopic (exact) mass is 535 g/mol. The zero-order valence-electron chi connectivity index (χ0n) is 24.3.